The minimum Gasteiger partial charge on any atom is -0.504 e. The van der Waals surface area contributed by atoms with E-state index >= 15 is 0 Å². The van der Waals surface area contributed by atoms with E-state index in [2.05, 4.69) is 5.32 Å². The second-order valence-electron chi connectivity index (χ2n) is 3.38. The van der Waals surface area contributed by atoms with E-state index in [9.17, 15) is 9.90 Å². The van der Waals surface area contributed by atoms with Crippen LogP contribution in [0.2, 0.25) is 0 Å². The molecule has 0 bridgehead atoms. The number of hydrogen-bond acceptors (Lipinski definition) is 5. The average molecular weight is 225 g/mol. The molecule has 16 heavy (non-hydrogen) atoms. The topological polar surface area (TPSA) is 89.8 Å². The Balaban J connectivity index is 2.50. The van der Waals surface area contributed by atoms with Gasteiger partial charge in [-0.1, -0.05) is 0 Å². The molecule has 0 unspecified atom stereocenters. The summed E-state index contributed by atoms with van der Waals surface area (Å²) in [7, 11) is 0. The van der Waals surface area contributed by atoms with Crippen LogP contribution in [0.25, 0.3) is 0 Å². The van der Waals surface area contributed by atoms with Gasteiger partial charge >= 0.3 is 0 Å². The number of carbonyl (C=O) groups is 1. The molecule has 1 rings (SSSR count). The SMILES string of the molecule is O=C(CNCCCO)c1ccc(O)c(O)c1. The highest BCUT2D eigenvalue weighted by molar-refractivity contribution is 5.98. The van der Waals surface area contributed by atoms with Crippen LogP contribution in [0, 0.1) is 0 Å². The van der Waals surface area contributed by atoms with Crippen molar-refractivity contribution in [2.24, 2.45) is 0 Å². The molecule has 0 spiro atoms. The molecular formula is C11H15NO4. The van der Waals surface area contributed by atoms with Gasteiger partial charge in [0.05, 0.1) is 6.54 Å². The molecule has 88 valence electrons. The molecule has 0 aliphatic carbocycles. The summed E-state index contributed by atoms with van der Waals surface area (Å²) in [6, 6.07) is 3.95. The van der Waals surface area contributed by atoms with Gasteiger partial charge in [0.15, 0.2) is 17.3 Å². The summed E-state index contributed by atoms with van der Waals surface area (Å²) >= 11 is 0. The second-order valence-corrected chi connectivity index (χ2v) is 3.38. The summed E-state index contributed by atoms with van der Waals surface area (Å²) in [5.74, 6) is -0.723. The van der Waals surface area contributed by atoms with E-state index in [-0.39, 0.29) is 30.4 Å². The fourth-order valence-corrected chi connectivity index (χ4v) is 1.20. The first kappa shape index (κ1) is 12.5. The van der Waals surface area contributed by atoms with E-state index in [0.717, 1.165) is 0 Å². The molecule has 0 aliphatic heterocycles. The zero-order valence-electron chi connectivity index (χ0n) is 8.81. The quantitative estimate of drug-likeness (QED) is 0.316. The number of rotatable bonds is 6. The Labute approximate surface area is 93.4 Å². The fraction of sp³-hybridized carbons (Fsp3) is 0.364. The molecule has 5 nitrogen and oxygen atoms in total. The molecule has 0 saturated carbocycles. The maximum Gasteiger partial charge on any atom is 0.176 e. The third-order valence-corrected chi connectivity index (χ3v) is 2.09. The van der Waals surface area contributed by atoms with Gasteiger partial charge in [-0.15, -0.1) is 0 Å². The van der Waals surface area contributed by atoms with Crippen molar-refractivity contribution >= 4 is 5.78 Å². The molecule has 0 heterocycles. The first-order chi connectivity index (χ1) is 7.65. The number of aromatic hydroxyl groups is 2. The predicted octanol–water partition coefficient (Wildman–Crippen LogP) is 0.252. The summed E-state index contributed by atoms with van der Waals surface area (Å²) < 4.78 is 0. The molecule has 0 fully saturated rings. The Hall–Kier alpha value is -1.59. The van der Waals surface area contributed by atoms with Crippen LogP contribution in [-0.2, 0) is 0 Å². The molecular weight excluding hydrogens is 210 g/mol. The van der Waals surface area contributed by atoms with Gasteiger partial charge in [-0.2, -0.15) is 0 Å². The number of Topliss-reactive ketones (excluding diaryl/α,β-unsaturated/α-hetero) is 1. The van der Waals surface area contributed by atoms with Gasteiger partial charge in [0, 0.05) is 12.2 Å². The van der Waals surface area contributed by atoms with Crippen molar-refractivity contribution in [3.8, 4) is 11.5 Å². The average Bonchev–Trinajstić information content (AvgIpc) is 2.28. The number of phenols is 2. The van der Waals surface area contributed by atoms with E-state index in [1.165, 1.54) is 18.2 Å². The van der Waals surface area contributed by atoms with Crippen molar-refractivity contribution in [2.75, 3.05) is 19.7 Å². The molecule has 0 aromatic heterocycles. The number of benzene rings is 1. The first-order valence-electron chi connectivity index (χ1n) is 5.02. The highest BCUT2D eigenvalue weighted by Gasteiger charge is 2.08. The lowest BCUT2D eigenvalue weighted by molar-refractivity contribution is 0.0990. The van der Waals surface area contributed by atoms with Gasteiger partial charge < -0.3 is 20.6 Å². The lowest BCUT2D eigenvalue weighted by atomic mass is 10.1. The minimum atomic E-state index is -0.304. The summed E-state index contributed by atoms with van der Waals surface area (Å²) in [6.07, 6.45) is 0.591. The van der Waals surface area contributed by atoms with Crippen LogP contribution in [-0.4, -0.2) is 40.8 Å². The molecule has 5 heteroatoms. The molecule has 0 atom stereocenters. The van der Waals surface area contributed by atoms with Crippen molar-refractivity contribution in [3.63, 3.8) is 0 Å². The monoisotopic (exact) mass is 225 g/mol. The smallest absolute Gasteiger partial charge is 0.176 e. The van der Waals surface area contributed by atoms with E-state index in [1.54, 1.807) is 0 Å². The zero-order chi connectivity index (χ0) is 12.0. The van der Waals surface area contributed by atoms with Crippen molar-refractivity contribution in [2.45, 2.75) is 6.42 Å². The van der Waals surface area contributed by atoms with Crippen LogP contribution in [0.5, 0.6) is 11.5 Å². The Morgan fingerprint density at radius 2 is 2.00 bits per heavy atom. The summed E-state index contributed by atoms with van der Waals surface area (Å²) in [5.41, 5.74) is 0.340. The van der Waals surface area contributed by atoms with E-state index in [1.807, 2.05) is 0 Å². The van der Waals surface area contributed by atoms with Crippen LogP contribution in [0.4, 0.5) is 0 Å². The van der Waals surface area contributed by atoms with Gasteiger partial charge in [0.2, 0.25) is 0 Å². The molecule has 1 aromatic carbocycles. The highest BCUT2D eigenvalue weighted by atomic mass is 16.3. The largest absolute Gasteiger partial charge is 0.504 e. The molecule has 4 N–H and O–H groups in total. The lowest BCUT2D eigenvalue weighted by Gasteiger charge is -2.04. The van der Waals surface area contributed by atoms with Gasteiger partial charge in [-0.05, 0) is 31.2 Å². The van der Waals surface area contributed by atoms with Gasteiger partial charge in [0.25, 0.3) is 0 Å². The van der Waals surface area contributed by atoms with Crippen LogP contribution < -0.4 is 5.32 Å². The predicted molar refractivity (Wildman–Crippen MR) is 58.7 cm³/mol. The molecule has 1 aromatic rings. The Bertz CT molecular complexity index is 365. The van der Waals surface area contributed by atoms with Gasteiger partial charge in [0.1, 0.15) is 0 Å². The number of aliphatic hydroxyl groups is 1. The van der Waals surface area contributed by atoms with Crippen LogP contribution in [0.3, 0.4) is 0 Å². The third kappa shape index (κ3) is 3.52. The third-order valence-electron chi connectivity index (χ3n) is 2.09. The number of carbonyl (C=O) groups excluding carboxylic acids is 1. The van der Waals surface area contributed by atoms with Crippen molar-refractivity contribution in [3.05, 3.63) is 23.8 Å². The van der Waals surface area contributed by atoms with Crippen LogP contribution >= 0.6 is 0 Å². The maximum absolute atomic E-state index is 11.6. The van der Waals surface area contributed by atoms with Crippen molar-refractivity contribution < 1.29 is 20.1 Å². The van der Waals surface area contributed by atoms with E-state index in [0.29, 0.717) is 18.5 Å². The summed E-state index contributed by atoms with van der Waals surface area (Å²) in [4.78, 5) is 11.6. The summed E-state index contributed by atoms with van der Waals surface area (Å²) in [6.45, 7) is 0.789. The normalized spacial score (nSPS) is 10.3. The lowest BCUT2D eigenvalue weighted by Crippen LogP contribution is -2.24. The number of phenolic OH excluding ortho intramolecular Hbond substituents is 2. The molecule has 0 saturated heterocycles. The standard InChI is InChI=1S/C11H15NO4/c13-5-1-4-12-7-11(16)8-2-3-9(14)10(15)6-8/h2-3,6,12-15H,1,4-5,7H2. The molecule has 0 amide bonds. The van der Waals surface area contributed by atoms with E-state index < -0.39 is 0 Å². The zero-order valence-corrected chi connectivity index (χ0v) is 8.81. The number of hydrogen-bond donors (Lipinski definition) is 4. The van der Waals surface area contributed by atoms with Gasteiger partial charge in [-0.3, -0.25) is 4.79 Å². The Morgan fingerprint density at radius 3 is 2.62 bits per heavy atom. The molecule has 0 aliphatic rings. The highest BCUT2D eigenvalue weighted by Crippen LogP contribution is 2.24. The first-order valence-corrected chi connectivity index (χ1v) is 5.02. The van der Waals surface area contributed by atoms with E-state index in [4.69, 9.17) is 10.2 Å². The van der Waals surface area contributed by atoms with Crippen LogP contribution in [0.15, 0.2) is 18.2 Å². The minimum absolute atomic E-state index is 0.0845. The van der Waals surface area contributed by atoms with Crippen molar-refractivity contribution in [1.82, 2.24) is 5.32 Å². The number of nitrogens with one attached hydrogen (secondary N) is 1. The van der Waals surface area contributed by atoms with Gasteiger partial charge in [-0.25, -0.2) is 0 Å². The summed E-state index contributed by atoms with van der Waals surface area (Å²) in [5, 5.41) is 29.7. The molecule has 0 radical (unpaired) electrons. The fourth-order valence-electron chi connectivity index (χ4n) is 1.20. The Morgan fingerprint density at radius 1 is 1.25 bits per heavy atom. The number of aliphatic hydroxyl groups excluding tert-OH is 1. The maximum atomic E-state index is 11.6. The van der Waals surface area contributed by atoms with Crippen molar-refractivity contribution in [1.29, 1.82) is 0 Å². The van der Waals surface area contributed by atoms with Crippen LogP contribution in [0.1, 0.15) is 16.8 Å². The number of ketones is 1. The second kappa shape index (κ2) is 6.09. The Kier molecular flexibility index (Phi) is 4.75.